The molecule has 96 valence electrons. The minimum atomic E-state index is 0.214. The first kappa shape index (κ1) is 13.1. The van der Waals surface area contributed by atoms with Gasteiger partial charge in [-0.15, -0.1) is 0 Å². The maximum Gasteiger partial charge on any atom is 0.222 e. The van der Waals surface area contributed by atoms with E-state index < -0.39 is 0 Å². The van der Waals surface area contributed by atoms with Crippen LogP contribution in [0.15, 0.2) is 0 Å². The molecule has 0 N–H and O–H groups in total. The number of nitriles is 1. The summed E-state index contributed by atoms with van der Waals surface area (Å²) in [6, 6.07) is 2.06. The lowest BCUT2D eigenvalue weighted by atomic mass is 10.3. The highest BCUT2D eigenvalue weighted by atomic mass is 35.5. The third-order valence-electron chi connectivity index (χ3n) is 2.97. The van der Waals surface area contributed by atoms with Crippen LogP contribution in [0.25, 0.3) is 0 Å². The van der Waals surface area contributed by atoms with E-state index in [1.165, 1.54) is 11.5 Å². The molecule has 0 spiro atoms. The van der Waals surface area contributed by atoms with Crippen molar-refractivity contribution in [2.24, 2.45) is 0 Å². The summed E-state index contributed by atoms with van der Waals surface area (Å²) in [6.45, 7) is 2.19. The quantitative estimate of drug-likeness (QED) is 0.845. The van der Waals surface area contributed by atoms with Crippen LogP contribution in [0.2, 0.25) is 5.15 Å². The van der Waals surface area contributed by atoms with Crippen molar-refractivity contribution in [3.63, 3.8) is 0 Å². The van der Waals surface area contributed by atoms with Gasteiger partial charge in [0.05, 0.1) is 0 Å². The molecule has 1 aliphatic rings. The smallest absolute Gasteiger partial charge is 0.222 e. The molecule has 2 heterocycles. The normalized spacial score (nSPS) is 14.9. The first-order valence-corrected chi connectivity index (χ1v) is 6.83. The van der Waals surface area contributed by atoms with E-state index >= 15 is 0 Å². The topological polar surface area (TPSA) is 60.2 Å². The number of amides is 1. The van der Waals surface area contributed by atoms with E-state index in [-0.39, 0.29) is 11.1 Å². The van der Waals surface area contributed by atoms with Crippen LogP contribution in [0.1, 0.15) is 18.4 Å². The van der Waals surface area contributed by atoms with Crippen LogP contribution in [0.3, 0.4) is 0 Å². The van der Waals surface area contributed by atoms with Crippen molar-refractivity contribution < 1.29 is 4.79 Å². The minimum absolute atomic E-state index is 0.214. The van der Waals surface area contributed by atoms with Crippen LogP contribution >= 0.6 is 23.1 Å². The molecule has 1 aromatic rings. The molecule has 0 atom stereocenters. The van der Waals surface area contributed by atoms with E-state index in [1.807, 2.05) is 16.8 Å². The van der Waals surface area contributed by atoms with Crippen LogP contribution in [0, 0.1) is 11.3 Å². The van der Waals surface area contributed by atoms with E-state index in [4.69, 9.17) is 16.9 Å². The number of hydrogen-bond acceptors (Lipinski definition) is 5. The average Bonchev–Trinajstić information content (AvgIpc) is 2.92. The lowest BCUT2D eigenvalue weighted by Gasteiger charge is -2.21. The molecule has 18 heavy (non-hydrogen) atoms. The zero-order valence-electron chi connectivity index (χ0n) is 10.0. The van der Waals surface area contributed by atoms with Gasteiger partial charge in [0.15, 0.2) is 5.15 Å². The number of aromatic nitrogens is 1. The van der Waals surface area contributed by atoms with E-state index in [1.54, 1.807) is 0 Å². The van der Waals surface area contributed by atoms with Gasteiger partial charge in [-0.1, -0.05) is 11.6 Å². The second-order valence-electron chi connectivity index (χ2n) is 4.17. The van der Waals surface area contributed by atoms with Gasteiger partial charge in [-0.2, -0.15) is 9.64 Å². The van der Waals surface area contributed by atoms with E-state index in [0.717, 1.165) is 18.0 Å². The summed E-state index contributed by atoms with van der Waals surface area (Å²) in [5.74, 6) is 0.214. The van der Waals surface area contributed by atoms with Gasteiger partial charge in [-0.05, 0) is 18.0 Å². The van der Waals surface area contributed by atoms with Gasteiger partial charge in [-0.3, -0.25) is 4.79 Å². The van der Waals surface area contributed by atoms with E-state index in [2.05, 4.69) is 10.4 Å². The highest BCUT2D eigenvalue weighted by Crippen LogP contribution is 2.30. The second-order valence-corrected chi connectivity index (χ2v) is 5.28. The number of carbonyl (C=O) groups is 1. The molecule has 0 unspecified atom stereocenters. The molecule has 0 aromatic carbocycles. The molecule has 1 amide bonds. The lowest BCUT2D eigenvalue weighted by Crippen LogP contribution is -2.33. The summed E-state index contributed by atoms with van der Waals surface area (Å²) in [5, 5.41) is 10.0. The number of anilines is 1. The number of likely N-dealkylation sites (tertiary alicyclic amines) is 1. The minimum Gasteiger partial charge on any atom is -0.362 e. The molecule has 7 heteroatoms. The molecule has 1 saturated heterocycles. The number of hydrogen-bond donors (Lipinski definition) is 0. The Kier molecular flexibility index (Phi) is 4.04. The van der Waals surface area contributed by atoms with Crippen molar-refractivity contribution in [2.75, 3.05) is 31.6 Å². The van der Waals surface area contributed by atoms with Crippen molar-refractivity contribution in [1.82, 2.24) is 9.27 Å². The number of nitrogens with zero attached hydrogens (tertiary/aromatic N) is 4. The van der Waals surface area contributed by atoms with E-state index in [9.17, 15) is 4.79 Å². The van der Waals surface area contributed by atoms with Crippen molar-refractivity contribution in [3.8, 4) is 6.07 Å². The standard InChI is InChI=1S/C11H13ClN4OS/c1-15(5-6-16-4-2-3-9(16)17)11-8(7-13)10(12)14-18-11/h2-6H2,1H3. The highest BCUT2D eigenvalue weighted by Gasteiger charge is 2.21. The summed E-state index contributed by atoms with van der Waals surface area (Å²) < 4.78 is 3.97. The first-order chi connectivity index (χ1) is 8.63. The van der Waals surface area contributed by atoms with Gasteiger partial charge in [0.1, 0.15) is 16.6 Å². The Morgan fingerprint density at radius 3 is 3.06 bits per heavy atom. The van der Waals surface area contributed by atoms with Crippen LogP contribution < -0.4 is 4.90 Å². The van der Waals surface area contributed by atoms with Crippen LogP contribution in [0.4, 0.5) is 5.00 Å². The van der Waals surface area contributed by atoms with Crippen molar-refractivity contribution >= 4 is 34.0 Å². The molecular weight excluding hydrogens is 272 g/mol. The number of carbonyl (C=O) groups excluding carboxylic acids is 1. The Labute approximate surface area is 115 Å². The van der Waals surface area contributed by atoms with Gasteiger partial charge < -0.3 is 9.80 Å². The SMILES string of the molecule is CN(CCN1CCCC1=O)c1snc(Cl)c1C#N. The average molecular weight is 285 g/mol. The Balaban J connectivity index is 1.97. The summed E-state index contributed by atoms with van der Waals surface area (Å²) in [6.07, 6.45) is 1.60. The molecule has 0 aliphatic carbocycles. The number of likely N-dealkylation sites (N-methyl/N-ethyl adjacent to an activating group) is 1. The predicted octanol–water partition coefficient (Wildman–Crippen LogP) is 1.73. The molecule has 2 rings (SSSR count). The summed E-state index contributed by atoms with van der Waals surface area (Å²) in [7, 11) is 1.88. The third kappa shape index (κ3) is 2.57. The van der Waals surface area contributed by atoms with Gasteiger partial charge in [0.2, 0.25) is 5.91 Å². The fraction of sp³-hybridized carbons (Fsp3) is 0.545. The van der Waals surface area contributed by atoms with Gasteiger partial charge in [0.25, 0.3) is 0 Å². The Morgan fingerprint density at radius 1 is 1.67 bits per heavy atom. The fourth-order valence-electron chi connectivity index (χ4n) is 1.93. The molecule has 1 fully saturated rings. The zero-order chi connectivity index (χ0) is 13.1. The van der Waals surface area contributed by atoms with Crippen LogP contribution in [0.5, 0.6) is 0 Å². The molecule has 0 radical (unpaired) electrons. The Bertz CT molecular complexity index is 496. The summed E-state index contributed by atoms with van der Waals surface area (Å²) >= 11 is 7.04. The molecule has 0 bridgehead atoms. The van der Waals surface area contributed by atoms with Crippen molar-refractivity contribution in [1.29, 1.82) is 5.26 Å². The Hall–Kier alpha value is -1.32. The van der Waals surface area contributed by atoms with Gasteiger partial charge in [0, 0.05) is 33.1 Å². The number of rotatable bonds is 4. The van der Waals surface area contributed by atoms with Crippen molar-refractivity contribution in [2.45, 2.75) is 12.8 Å². The van der Waals surface area contributed by atoms with Crippen molar-refractivity contribution in [3.05, 3.63) is 10.7 Å². The first-order valence-electron chi connectivity index (χ1n) is 5.67. The summed E-state index contributed by atoms with van der Waals surface area (Å²) in [5.41, 5.74) is 0.414. The molecule has 1 aliphatic heterocycles. The maximum absolute atomic E-state index is 11.5. The van der Waals surface area contributed by atoms with Crippen LogP contribution in [-0.4, -0.2) is 41.9 Å². The van der Waals surface area contributed by atoms with Gasteiger partial charge >= 0.3 is 0 Å². The van der Waals surface area contributed by atoms with Crippen LogP contribution in [-0.2, 0) is 4.79 Å². The van der Waals surface area contributed by atoms with E-state index in [0.29, 0.717) is 25.1 Å². The third-order valence-corrected chi connectivity index (χ3v) is 4.30. The fourth-order valence-corrected chi connectivity index (χ4v) is 2.94. The predicted molar refractivity (Wildman–Crippen MR) is 70.9 cm³/mol. The largest absolute Gasteiger partial charge is 0.362 e. The summed E-state index contributed by atoms with van der Waals surface area (Å²) in [4.78, 5) is 15.3. The lowest BCUT2D eigenvalue weighted by molar-refractivity contribution is -0.127. The molecule has 5 nitrogen and oxygen atoms in total. The van der Waals surface area contributed by atoms with Gasteiger partial charge in [-0.25, -0.2) is 0 Å². The monoisotopic (exact) mass is 284 g/mol. The molecular formula is C11H13ClN4OS. The highest BCUT2D eigenvalue weighted by molar-refractivity contribution is 7.10. The molecule has 0 saturated carbocycles. The Morgan fingerprint density at radius 2 is 2.44 bits per heavy atom. The second kappa shape index (κ2) is 5.55. The maximum atomic E-state index is 11.5. The zero-order valence-corrected chi connectivity index (χ0v) is 11.6. The number of halogens is 1. The molecule has 1 aromatic heterocycles.